The van der Waals surface area contributed by atoms with Crippen molar-refractivity contribution in [2.75, 3.05) is 6.26 Å². The van der Waals surface area contributed by atoms with Gasteiger partial charge in [0.05, 0.1) is 0 Å². The minimum atomic E-state index is -0.679. The van der Waals surface area contributed by atoms with Gasteiger partial charge in [0.25, 0.3) is 0 Å². The van der Waals surface area contributed by atoms with E-state index in [0.717, 1.165) is 5.56 Å². The summed E-state index contributed by atoms with van der Waals surface area (Å²) in [5.41, 5.74) is 0.867. The molecule has 2 aromatic rings. The monoisotopic (exact) mass is 266 g/mol. The van der Waals surface area contributed by atoms with Gasteiger partial charge < -0.3 is 4.74 Å². The van der Waals surface area contributed by atoms with Crippen molar-refractivity contribution in [1.29, 1.82) is 0 Å². The summed E-state index contributed by atoms with van der Waals surface area (Å²) in [6.07, 6.45) is 1.73. The fourth-order valence-corrected chi connectivity index (χ4v) is 2.01. The maximum absolute atomic E-state index is 13.9. The Balaban J connectivity index is 2.19. The third-order valence-corrected chi connectivity index (χ3v) is 3.21. The van der Waals surface area contributed by atoms with Crippen LogP contribution in [0.3, 0.4) is 0 Å². The molecule has 0 saturated carbocycles. The molecule has 0 aliphatic carbocycles. The van der Waals surface area contributed by atoms with Crippen LogP contribution in [-0.2, 0) is 6.61 Å². The molecule has 0 aromatic heterocycles. The quantitative estimate of drug-likeness (QED) is 0.764. The van der Waals surface area contributed by atoms with E-state index in [-0.39, 0.29) is 12.4 Å². The van der Waals surface area contributed by atoms with E-state index in [4.69, 9.17) is 4.74 Å². The molecule has 0 radical (unpaired) electrons. The van der Waals surface area contributed by atoms with E-state index in [2.05, 4.69) is 0 Å². The van der Waals surface area contributed by atoms with Gasteiger partial charge >= 0.3 is 0 Å². The van der Waals surface area contributed by atoms with E-state index < -0.39 is 11.6 Å². The highest BCUT2D eigenvalue weighted by Gasteiger charge is 2.14. The summed E-state index contributed by atoms with van der Waals surface area (Å²) in [7, 11) is 0. The van der Waals surface area contributed by atoms with Crippen LogP contribution in [0.2, 0.25) is 0 Å². The van der Waals surface area contributed by atoms with E-state index in [0.29, 0.717) is 4.90 Å². The van der Waals surface area contributed by atoms with Crippen molar-refractivity contribution in [2.24, 2.45) is 0 Å². The second-order valence-corrected chi connectivity index (χ2v) is 4.52. The molecule has 0 aliphatic heterocycles. The molecule has 0 fully saturated rings. The normalized spacial score (nSPS) is 10.4. The molecule has 0 amide bonds. The fourth-order valence-electron chi connectivity index (χ4n) is 1.53. The highest BCUT2D eigenvalue weighted by molar-refractivity contribution is 7.98. The first-order chi connectivity index (χ1) is 8.72. The van der Waals surface area contributed by atoms with Crippen LogP contribution in [0.4, 0.5) is 8.78 Å². The van der Waals surface area contributed by atoms with Crippen LogP contribution >= 0.6 is 11.8 Å². The minimum absolute atomic E-state index is 0.145. The average molecular weight is 266 g/mol. The van der Waals surface area contributed by atoms with Gasteiger partial charge in [0.2, 0.25) is 0 Å². The summed E-state index contributed by atoms with van der Waals surface area (Å²) >= 11 is 1.22. The number of thioether (sulfide) groups is 1. The molecular formula is C14H12F2OS. The lowest BCUT2D eigenvalue weighted by Gasteiger charge is -2.10. The molecule has 2 rings (SSSR count). The van der Waals surface area contributed by atoms with Gasteiger partial charge in [0.15, 0.2) is 17.4 Å². The van der Waals surface area contributed by atoms with Gasteiger partial charge in [-0.25, -0.2) is 8.78 Å². The predicted octanol–water partition coefficient (Wildman–Crippen LogP) is 4.27. The second kappa shape index (κ2) is 5.87. The first kappa shape index (κ1) is 12.9. The molecule has 0 spiro atoms. The molecule has 1 nitrogen and oxygen atoms in total. The molecule has 18 heavy (non-hydrogen) atoms. The number of halogens is 2. The molecule has 2 aromatic carbocycles. The van der Waals surface area contributed by atoms with Crippen molar-refractivity contribution < 1.29 is 13.5 Å². The Morgan fingerprint density at radius 2 is 1.78 bits per heavy atom. The third-order valence-electron chi connectivity index (χ3n) is 2.46. The molecule has 0 atom stereocenters. The molecule has 0 heterocycles. The second-order valence-electron chi connectivity index (χ2n) is 3.67. The fraction of sp³-hybridized carbons (Fsp3) is 0.143. The van der Waals surface area contributed by atoms with Gasteiger partial charge in [-0.2, -0.15) is 0 Å². The van der Waals surface area contributed by atoms with E-state index in [9.17, 15) is 8.78 Å². The van der Waals surface area contributed by atoms with Gasteiger partial charge in [-0.3, -0.25) is 0 Å². The summed E-state index contributed by atoms with van der Waals surface area (Å²) in [5, 5.41) is 0. The van der Waals surface area contributed by atoms with Crippen LogP contribution in [0.1, 0.15) is 5.56 Å². The van der Waals surface area contributed by atoms with Crippen LogP contribution in [0.25, 0.3) is 0 Å². The van der Waals surface area contributed by atoms with Crippen LogP contribution < -0.4 is 4.74 Å². The van der Waals surface area contributed by atoms with Crippen molar-refractivity contribution in [3.8, 4) is 5.75 Å². The predicted molar refractivity (Wildman–Crippen MR) is 68.9 cm³/mol. The van der Waals surface area contributed by atoms with E-state index in [1.807, 2.05) is 30.3 Å². The Morgan fingerprint density at radius 1 is 1.06 bits per heavy atom. The largest absolute Gasteiger partial charge is 0.483 e. The number of ether oxygens (including phenoxy) is 1. The van der Waals surface area contributed by atoms with Crippen LogP contribution in [0.15, 0.2) is 47.4 Å². The zero-order valence-electron chi connectivity index (χ0n) is 9.82. The Labute approximate surface area is 109 Å². The van der Waals surface area contributed by atoms with Gasteiger partial charge in [-0.15, -0.1) is 11.8 Å². The van der Waals surface area contributed by atoms with Crippen molar-refractivity contribution in [3.05, 3.63) is 59.7 Å². The van der Waals surface area contributed by atoms with Crippen LogP contribution in [0.5, 0.6) is 5.75 Å². The van der Waals surface area contributed by atoms with Crippen LogP contribution in [0, 0.1) is 11.6 Å². The summed E-state index contributed by atoms with van der Waals surface area (Å²) < 4.78 is 32.6. The molecule has 94 valence electrons. The average Bonchev–Trinajstić information content (AvgIpc) is 2.40. The Bertz CT molecular complexity index is 529. The van der Waals surface area contributed by atoms with E-state index in [1.165, 1.54) is 23.9 Å². The summed E-state index contributed by atoms with van der Waals surface area (Å²) in [6.45, 7) is 0.145. The van der Waals surface area contributed by atoms with Gasteiger partial charge in [0, 0.05) is 4.90 Å². The maximum Gasteiger partial charge on any atom is 0.192 e. The van der Waals surface area contributed by atoms with Crippen molar-refractivity contribution >= 4 is 11.8 Å². The van der Waals surface area contributed by atoms with Gasteiger partial charge in [0.1, 0.15) is 6.61 Å². The first-order valence-corrected chi connectivity index (χ1v) is 6.63. The summed E-state index contributed by atoms with van der Waals surface area (Å²) in [4.78, 5) is 0.375. The lowest BCUT2D eigenvalue weighted by molar-refractivity contribution is 0.271. The van der Waals surface area contributed by atoms with Crippen molar-refractivity contribution in [2.45, 2.75) is 11.5 Å². The zero-order valence-corrected chi connectivity index (χ0v) is 10.6. The molecule has 4 heteroatoms. The zero-order chi connectivity index (χ0) is 13.0. The minimum Gasteiger partial charge on any atom is -0.483 e. The van der Waals surface area contributed by atoms with Gasteiger partial charge in [-0.05, 0) is 24.0 Å². The number of hydrogen-bond donors (Lipinski definition) is 0. The smallest absolute Gasteiger partial charge is 0.192 e. The molecule has 0 aliphatic rings. The highest BCUT2D eigenvalue weighted by atomic mass is 32.2. The maximum atomic E-state index is 13.9. The van der Waals surface area contributed by atoms with Crippen LogP contribution in [-0.4, -0.2) is 6.26 Å². The Hall–Kier alpha value is -1.55. The lowest BCUT2D eigenvalue weighted by Crippen LogP contribution is -2.00. The number of hydrogen-bond acceptors (Lipinski definition) is 2. The molecule has 0 saturated heterocycles. The highest BCUT2D eigenvalue weighted by Crippen LogP contribution is 2.30. The lowest BCUT2D eigenvalue weighted by atomic mass is 10.2. The number of rotatable bonds is 4. The molecule has 0 N–H and O–H groups in total. The Kier molecular flexibility index (Phi) is 4.20. The molecular weight excluding hydrogens is 254 g/mol. The SMILES string of the molecule is CSc1ccc(F)c(OCc2ccccc2)c1F. The molecule has 0 bridgehead atoms. The first-order valence-electron chi connectivity index (χ1n) is 5.41. The van der Waals surface area contributed by atoms with Crippen molar-refractivity contribution in [1.82, 2.24) is 0 Å². The molecule has 0 unspecified atom stereocenters. The van der Waals surface area contributed by atoms with Gasteiger partial charge in [-0.1, -0.05) is 30.3 Å². The summed E-state index contributed by atoms with van der Waals surface area (Å²) in [6, 6.07) is 11.9. The van der Waals surface area contributed by atoms with E-state index in [1.54, 1.807) is 6.26 Å². The van der Waals surface area contributed by atoms with Crippen molar-refractivity contribution in [3.63, 3.8) is 0 Å². The third kappa shape index (κ3) is 2.82. The Morgan fingerprint density at radius 3 is 2.44 bits per heavy atom. The number of benzene rings is 2. The van der Waals surface area contributed by atoms with E-state index >= 15 is 0 Å². The topological polar surface area (TPSA) is 9.23 Å². The summed E-state index contributed by atoms with van der Waals surface area (Å²) in [5.74, 6) is -1.63. The standard InChI is InChI=1S/C14H12F2OS/c1-18-12-8-7-11(15)14(13(12)16)17-9-10-5-3-2-4-6-10/h2-8H,9H2,1H3.